The molecule has 0 fully saturated rings. The Kier molecular flexibility index (Phi) is 5.86. The summed E-state index contributed by atoms with van der Waals surface area (Å²) in [7, 11) is -0.921. The number of carbonyl (C=O) groups excluding carboxylic acids is 2. The van der Waals surface area contributed by atoms with Gasteiger partial charge in [-0.3, -0.25) is 14.5 Å². The molecule has 1 heterocycles. The first-order chi connectivity index (χ1) is 12.6. The number of hydrogen-bond acceptors (Lipinski definition) is 6. The first-order valence-electron chi connectivity index (χ1n) is 8.08. The van der Waals surface area contributed by atoms with Crippen LogP contribution in [0.15, 0.2) is 35.4 Å². The van der Waals surface area contributed by atoms with Gasteiger partial charge < -0.3 is 0 Å². The number of rotatable bonds is 4. The summed E-state index contributed by atoms with van der Waals surface area (Å²) in [5.41, 5.74) is 1.04. The zero-order valence-corrected chi connectivity index (χ0v) is 16.2. The van der Waals surface area contributed by atoms with Gasteiger partial charge in [0.05, 0.1) is 22.0 Å². The third kappa shape index (κ3) is 4.09. The van der Waals surface area contributed by atoms with Gasteiger partial charge in [-0.25, -0.2) is 18.4 Å². The van der Waals surface area contributed by atoms with Gasteiger partial charge >= 0.3 is 0 Å². The second kappa shape index (κ2) is 7.76. The fourth-order valence-electron chi connectivity index (χ4n) is 2.39. The summed E-state index contributed by atoms with van der Waals surface area (Å²) < 4.78 is 24.4. The first kappa shape index (κ1) is 20.4. The highest BCUT2D eigenvalue weighted by atomic mass is 32.2. The van der Waals surface area contributed by atoms with Crippen LogP contribution in [0.2, 0.25) is 0 Å². The Morgan fingerprint density at radius 1 is 1.15 bits per heavy atom. The van der Waals surface area contributed by atoms with Crippen LogP contribution in [-0.2, 0) is 9.84 Å². The van der Waals surface area contributed by atoms with Crippen molar-refractivity contribution in [2.75, 3.05) is 4.90 Å². The molecule has 0 radical (unpaired) electrons. The minimum absolute atomic E-state index is 0.0137. The van der Waals surface area contributed by atoms with Crippen LogP contribution < -0.4 is 4.90 Å². The van der Waals surface area contributed by atoms with Gasteiger partial charge in [0.15, 0.2) is 33.0 Å². The fourth-order valence-corrected chi connectivity index (χ4v) is 3.45. The lowest BCUT2D eigenvalue weighted by atomic mass is 10.0. The van der Waals surface area contributed by atoms with Crippen molar-refractivity contribution in [2.45, 2.75) is 24.0 Å². The molecule has 0 aliphatic rings. The molecule has 2 amide bonds. The maximum Gasteiger partial charge on any atom is 0.217 e. The Labute approximate surface area is 159 Å². The van der Waals surface area contributed by atoms with E-state index in [0.717, 1.165) is 4.90 Å². The molecule has 7 nitrogen and oxygen atoms in total. The van der Waals surface area contributed by atoms with Crippen LogP contribution in [0.4, 0.5) is 15.4 Å². The van der Waals surface area contributed by atoms with E-state index in [9.17, 15) is 18.0 Å². The topological polar surface area (TPSA) is 97.3 Å². The molecule has 136 valence electrons. The van der Waals surface area contributed by atoms with Crippen molar-refractivity contribution in [1.82, 2.24) is 9.97 Å². The van der Waals surface area contributed by atoms with Crippen molar-refractivity contribution in [3.63, 3.8) is 0 Å². The first-order valence-corrected chi connectivity index (χ1v) is 9.63. The van der Waals surface area contributed by atoms with Crippen LogP contribution in [0.3, 0.4) is 0 Å². The third-order valence-electron chi connectivity index (χ3n) is 3.83. The summed E-state index contributed by atoms with van der Waals surface area (Å²) >= 11 is 0. The average molecular weight is 381 g/mol. The second-order valence-electron chi connectivity index (χ2n) is 6.06. The number of nitrogens with zero attached hydrogens (tertiary/aromatic N) is 3. The number of terminal acetylenes is 1. The highest BCUT2D eigenvalue weighted by Crippen LogP contribution is 2.24. The van der Waals surface area contributed by atoms with E-state index < -0.39 is 26.7 Å². The van der Waals surface area contributed by atoms with Gasteiger partial charge in [0.2, 0.25) is 15.7 Å². The number of hydrogen-bond donors (Lipinski definition) is 0. The van der Waals surface area contributed by atoms with E-state index in [1.165, 1.54) is 34.0 Å². The van der Waals surface area contributed by atoms with E-state index in [-0.39, 0.29) is 16.4 Å². The minimum Gasteiger partial charge on any atom is -0.288 e. The molecule has 0 saturated heterocycles. The molecule has 10 heteroatoms. The zero-order chi connectivity index (χ0) is 20.4. The van der Waals surface area contributed by atoms with Crippen molar-refractivity contribution in [3.8, 4) is 23.6 Å². The average Bonchev–Trinajstić information content (AvgIpc) is 2.61. The van der Waals surface area contributed by atoms with Gasteiger partial charge in [0.25, 0.3) is 0 Å². The second-order valence-corrected chi connectivity index (χ2v) is 8.57. The maximum atomic E-state index is 12.2. The van der Waals surface area contributed by atoms with E-state index in [0.29, 0.717) is 11.3 Å². The number of amides is 2. The SMILES string of the molecule is BC(=O)N(C(B)=O)c1ncc(-c2ccc(S(=O)(=O)C(C)C)cc2)nc1C#C. The Balaban J connectivity index is 2.48. The summed E-state index contributed by atoms with van der Waals surface area (Å²) in [5, 5.41) is -0.528. The Morgan fingerprint density at radius 3 is 2.15 bits per heavy atom. The van der Waals surface area contributed by atoms with Crippen molar-refractivity contribution in [3.05, 3.63) is 36.2 Å². The summed E-state index contributed by atoms with van der Waals surface area (Å²) in [6.07, 6.45) is 6.85. The molecule has 0 unspecified atom stereocenters. The van der Waals surface area contributed by atoms with Gasteiger partial charge in [-0.2, -0.15) is 0 Å². The number of carbonyl (C=O) groups is 2. The molecule has 27 heavy (non-hydrogen) atoms. The van der Waals surface area contributed by atoms with E-state index in [2.05, 4.69) is 15.9 Å². The summed E-state index contributed by atoms with van der Waals surface area (Å²) in [6.45, 7) is 3.23. The molecule has 0 aliphatic heterocycles. The van der Waals surface area contributed by atoms with Crippen molar-refractivity contribution in [1.29, 1.82) is 0 Å². The van der Waals surface area contributed by atoms with Crippen molar-refractivity contribution in [2.24, 2.45) is 0 Å². The summed E-state index contributed by atoms with van der Waals surface area (Å²) in [4.78, 5) is 32.9. The van der Waals surface area contributed by atoms with E-state index in [4.69, 9.17) is 6.42 Å². The van der Waals surface area contributed by atoms with Crippen LogP contribution in [-0.4, -0.2) is 50.9 Å². The smallest absolute Gasteiger partial charge is 0.217 e. The quantitative estimate of drug-likeness (QED) is 0.569. The Hall–Kier alpha value is -2.92. The van der Waals surface area contributed by atoms with E-state index in [1.807, 2.05) is 0 Å². The predicted octanol–water partition coefficient (Wildman–Crippen LogP) is 0.620. The molecule has 0 aliphatic carbocycles. The molecule has 2 rings (SSSR count). The number of anilines is 1. The van der Waals surface area contributed by atoms with Crippen LogP contribution in [0.5, 0.6) is 0 Å². The molecule has 1 aromatic heterocycles. The lowest BCUT2D eigenvalue weighted by Crippen LogP contribution is -2.36. The monoisotopic (exact) mass is 381 g/mol. The molecule has 1 aromatic carbocycles. The normalized spacial score (nSPS) is 11.0. The van der Waals surface area contributed by atoms with Gasteiger partial charge in [-0.1, -0.05) is 12.1 Å². The van der Waals surface area contributed by atoms with Crippen molar-refractivity contribution >= 4 is 43.0 Å². The zero-order valence-electron chi connectivity index (χ0n) is 15.4. The summed E-state index contributed by atoms with van der Waals surface area (Å²) in [5.74, 6) is 1.27. The largest absolute Gasteiger partial charge is 0.288 e. The number of sulfone groups is 1. The van der Waals surface area contributed by atoms with Gasteiger partial charge in [0, 0.05) is 5.56 Å². The van der Waals surface area contributed by atoms with Crippen molar-refractivity contribution < 1.29 is 18.0 Å². The molecule has 2 aromatic rings. The highest BCUT2D eigenvalue weighted by Gasteiger charge is 2.22. The Morgan fingerprint density at radius 2 is 1.70 bits per heavy atom. The standard InChI is InChI=1S/C17H17B2N3O4S/c1-4-13-15(22(16(18)23)17(19)24)20-9-14(21-13)11-5-7-12(8-6-11)27(25,26)10(2)3/h1,5-10H,18-19H2,2-3H3. The number of benzene rings is 1. The third-order valence-corrected chi connectivity index (χ3v) is 6.00. The van der Waals surface area contributed by atoms with Crippen LogP contribution in [0, 0.1) is 12.3 Å². The minimum atomic E-state index is -3.38. The lowest BCUT2D eigenvalue weighted by Gasteiger charge is -2.18. The predicted molar refractivity (Wildman–Crippen MR) is 108 cm³/mol. The molecule has 0 saturated carbocycles. The number of imide groups is 1. The van der Waals surface area contributed by atoms with E-state index in [1.54, 1.807) is 26.0 Å². The molecule has 0 atom stereocenters. The Bertz CT molecular complexity index is 1030. The molecular weight excluding hydrogens is 364 g/mol. The molecular formula is C17H17B2N3O4S. The van der Waals surface area contributed by atoms with Crippen LogP contribution in [0.1, 0.15) is 19.5 Å². The molecule has 0 spiro atoms. The van der Waals surface area contributed by atoms with Crippen LogP contribution in [0.25, 0.3) is 11.3 Å². The van der Waals surface area contributed by atoms with Gasteiger partial charge in [0.1, 0.15) is 0 Å². The van der Waals surface area contributed by atoms with Gasteiger partial charge in [-0.15, -0.1) is 6.42 Å². The highest BCUT2D eigenvalue weighted by molar-refractivity contribution is 7.92. The van der Waals surface area contributed by atoms with Crippen LogP contribution >= 0.6 is 0 Å². The lowest BCUT2D eigenvalue weighted by molar-refractivity contribution is 0.254. The molecule has 0 N–H and O–H groups in total. The fraction of sp³-hybridized carbons (Fsp3) is 0.176. The number of aromatic nitrogens is 2. The summed E-state index contributed by atoms with van der Waals surface area (Å²) in [6, 6.07) is 6.19. The van der Waals surface area contributed by atoms with Gasteiger partial charge in [-0.05, 0) is 31.9 Å². The molecule has 0 bridgehead atoms. The van der Waals surface area contributed by atoms with E-state index >= 15 is 0 Å². The maximum absolute atomic E-state index is 12.2.